The maximum atomic E-state index is 14.1. The average Bonchev–Trinajstić information content (AvgIpc) is 3.19. The lowest BCUT2D eigenvalue weighted by Crippen LogP contribution is -2.31. The number of hydrogen-bond donors (Lipinski definition) is 1. The van der Waals surface area contributed by atoms with E-state index in [2.05, 4.69) is 21.9 Å². The fourth-order valence-corrected chi connectivity index (χ4v) is 3.49. The van der Waals surface area contributed by atoms with E-state index < -0.39 is 0 Å². The molecule has 0 saturated heterocycles. The van der Waals surface area contributed by atoms with E-state index in [-0.39, 0.29) is 11.7 Å². The van der Waals surface area contributed by atoms with Crippen molar-refractivity contribution in [2.75, 3.05) is 6.54 Å². The molecule has 0 spiro atoms. The molecule has 3 heterocycles. The number of hydrogen-bond acceptors (Lipinski definition) is 3. The van der Waals surface area contributed by atoms with Crippen molar-refractivity contribution in [2.45, 2.75) is 32.4 Å². The molecule has 0 radical (unpaired) electrons. The highest BCUT2D eigenvalue weighted by atomic mass is 19.1. The number of amides is 1. The molecule has 6 nitrogen and oxygen atoms in total. The van der Waals surface area contributed by atoms with Crippen LogP contribution in [0.5, 0.6) is 0 Å². The normalized spacial score (nSPS) is 14.3. The average molecular weight is 353 g/mol. The van der Waals surface area contributed by atoms with Crippen molar-refractivity contribution in [3.05, 3.63) is 59.8 Å². The summed E-state index contributed by atoms with van der Waals surface area (Å²) in [4.78, 5) is 17.8. The van der Waals surface area contributed by atoms with Gasteiger partial charge in [0.1, 0.15) is 5.82 Å². The molecule has 0 bridgehead atoms. The molecule has 7 heteroatoms. The standard InChI is InChI=1S/C19H20FN5O/c1-2-3-10-25-12-17(22-23-25)19(26)24-9-5-7-13-14-6-4-8-15(20)18(14)21-16(13)11-24/h2,4,6,8,12,21H,1,3,5,7,9-11H2. The molecule has 1 aliphatic rings. The molecule has 1 aromatic carbocycles. The summed E-state index contributed by atoms with van der Waals surface area (Å²) in [5.74, 6) is -0.416. The van der Waals surface area contributed by atoms with Crippen molar-refractivity contribution in [2.24, 2.45) is 0 Å². The van der Waals surface area contributed by atoms with Gasteiger partial charge in [0.05, 0.1) is 18.3 Å². The van der Waals surface area contributed by atoms with Crippen LogP contribution in [0.4, 0.5) is 4.39 Å². The number of halogens is 1. The summed E-state index contributed by atoms with van der Waals surface area (Å²) in [6.07, 6.45) is 5.88. The monoisotopic (exact) mass is 353 g/mol. The quantitative estimate of drug-likeness (QED) is 0.733. The van der Waals surface area contributed by atoms with Gasteiger partial charge in [0, 0.05) is 24.2 Å². The number of benzene rings is 1. The van der Waals surface area contributed by atoms with Gasteiger partial charge in [-0.15, -0.1) is 11.7 Å². The van der Waals surface area contributed by atoms with Crippen LogP contribution in [0.1, 0.15) is 34.6 Å². The van der Waals surface area contributed by atoms with Crippen LogP contribution >= 0.6 is 0 Å². The molecule has 0 aliphatic carbocycles. The molecule has 0 fully saturated rings. The number of rotatable bonds is 4. The van der Waals surface area contributed by atoms with Gasteiger partial charge in [-0.2, -0.15) is 0 Å². The molecule has 0 unspecified atom stereocenters. The largest absolute Gasteiger partial charge is 0.354 e. The Kier molecular flexibility index (Phi) is 4.28. The van der Waals surface area contributed by atoms with Crippen LogP contribution in [-0.2, 0) is 19.5 Å². The molecule has 1 aliphatic heterocycles. The molecule has 4 rings (SSSR count). The molecule has 0 saturated carbocycles. The number of aryl methyl sites for hydroxylation is 2. The third kappa shape index (κ3) is 2.89. The van der Waals surface area contributed by atoms with Crippen LogP contribution in [0.25, 0.3) is 10.9 Å². The summed E-state index contributed by atoms with van der Waals surface area (Å²) in [6, 6.07) is 5.10. The number of carbonyl (C=O) groups excluding carboxylic acids is 1. The minimum absolute atomic E-state index is 0.151. The van der Waals surface area contributed by atoms with Crippen LogP contribution in [0.15, 0.2) is 37.1 Å². The molecular formula is C19H20FN5O. The van der Waals surface area contributed by atoms with Gasteiger partial charge in [-0.25, -0.2) is 4.39 Å². The molecule has 1 N–H and O–H groups in total. The second-order valence-corrected chi connectivity index (χ2v) is 6.52. The van der Waals surface area contributed by atoms with E-state index in [0.29, 0.717) is 30.8 Å². The summed E-state index contributed by atoms with van der Waals surface area (Å²) in [5, 5.41) is 8.91. The van der Waals surface area contributed by atoms with Gasteiger partial charge >= 0.3 is 0 Å². The van der Waals surface area contributed by atoms with Crippen LogP contribution in [0.3, 0.4) is 0 Å². The maximum Gasteiger partial charge on any atom is 0.276 e. The van der Waals surface area contributed by atoms with E-state index in [1.54, 1.807) is 27.9 Å². The number of para-hydroxylation sites is 1. The van der Waals surface area contributed by atoms with E-state index in [1.807, 2.05) is 6.07 Å². The molecule has 3 aromatic rings. The third-order valence-corrected chi connectivity index (χ3v) is 4.79. The Labute approximate surface area is 150 Å². The number of aromatic nitrogens is 4. The van der Waals surface area contributed by atoms with Gasteiger partial charge in [0.2, 0.25) is 0 Å². The van der Waals surface area contributed by atoms with Gasteiger partial charge < -0.3 is 9.88 Å². The van der Waals surface area contributed by atoms with Crippen molar-refractivity contribution in [1.82, 2.24) is 24.9 Å². The molecular weight excluding hydrogens is 333 g/mol. The molecule has 134 valence electrons. The van der Waals surface area contributed by atoms with Crippen LogP contribution in [-0.4, -0.2) is 37.3 Å². The minimum Gasteiger partial charge on any atom is -0.354 e. The first-order chi connectivity index (χ1) is 12.7. The predicted molar refractivity (Wildman–Crippen MR) is 96.2 cm³/mol. The Hall–Kier alpha value is -2.96. The Morgan fingerprint density at radius 3 is 3.15 bits per heavy atom. The summed E-state index contributed by atoms with van der Waals surface area (Å²) in [6.45, 7) is 5.38. The molecule has 1 amide bonds. The first-order valence-electron chi connectivity index (χ1n) is 8.75. The third-order valence-electron chi connectivity index (χ3n) is 4.79. The Morgan fingerprint density at radius 1 is 1.42 bits per heavy atom. The number of H-pyrrole nitrogens is 1. The Balaban J connectivity index is 1.59. The van der Waals surface area contributed by atoms with E-state index >= 15 is 0 Å². The van der Waals surface area contributed by atoms with Crippen LogP contribution in [0, 0.1) is 5.82 Å². The van der Waals surface area contributed by atoms with E-state index in [1.165, 1.54) is 6.07 Å². The molecule has 2 aromatic heterocycles. The van der Waals surface area contributed by atoms with Gasteiger partial charge in [0.25, 0.3) is 5.91 Å². The molecule has 0 atom stereocenters. The predicted octanol–water partition coefficient (Wildman–Crippen LogP) is 3.06. The smallest absolute Gasteiger partial charge is 0.276 e. The SMILES string of the molecule is C=CCCn1cc(C(=O)N2CCCc3c([nH]c4c(F)cccc34)C2)nn1. The second-order valence-electron chi connectivity index (χ2n) is 6.52. The van der Waals surface area contributed by atoms with E-state index in [0.717, 1.165) is 35.9 Å². The van der Waals surface area contributed by atoms with Gasteiger partial charge in [-0.05, 0) is 30.9 Å². The number of carbonyl (C=O) groups is 1. The lowest BCUT2D eigenvalue weighted by molar-refractivity contribution is 0.0738. The lowest BCUT2D eigenvalue weighted by Gasteiger charge is -2.18. The zero-order chi connectivity index (χ0) is 18.1. The van der Waals surface area contributed by atoms with Gasteiger partial charge in [-0.3, -0.25) is 9.48 Å². The summed E-state index contributed by atoms with van der Waals surface area (Å²) < 4.78 is 15.7. The zero-order valence-corrected chi connectivity index (χ0v) is 14.4. The summed E-state index contributed by atoms with van der Waals surface area (Å²) in [7, 11) is 0. The lowest BCUT2D eigenvalue weighted by atomic mass is 10.1. The van der Waals surface area contributed by atoms with Crippen LogP contribution in [0.2, 0.25) is 0 Å². The van der Waals surface area contributed by atoms with Crippen LogP contribution < -0.4 is 0 Å². The maximum absolute atomic E-state index is 14.1. The number of nitrogens with one attached hydrogen (secondary N) is 1. The van der Waals surface area contributed by atoms with E-state index in [4.69, 9.17) is 0 Å². The Morgan fingerprint density at radius 2 is 2.31 bits per heavy atom. The summed E-state index contributed by atoms with van der Waals surface area (Å²) in [5.41, 5.74) is 2.85. The fourth-order valence-electron chi connectivity index (χ4n) is 3.49. The summed E-state index contributed by atoms with van der Waals surface area (Å²) >= 11 is 0. The Bertz CT molecular complexity index is 974. The number of allylic oxidation sites excluding steroid dienone is 1. The first kappa shape index (κ1) is 16.5. The van der Waals surface area contributed by atoms with Crippen molar-refractivity contribution in [3.8, 4) is 0 Å². The molecule has 26 heavy (non-hydrogen) atoms. The topological polar surface area (TPSA) is 66.8 Å². The van der Waals surface area contributed by atoms with Gasteiger partial charge in [-0.1, -0.05) is 23.4 Å². The van der Waals surface area contributed by atoms with Crippen molar-refractivity contribution in [1.29, 1.82) is 0 Å². The van der Waals surface area contributed by atoms with E-state index in [9.17, 15) is 9.18 Å². The first-order valence-corrected chi connectivity index (χ1v) is 8.75. The zero-order valence-electron chi connectivity index (χ0n) is 14.4. The highest BCUT2D eigenvalue weighted by Gasteiger charge is 2.25. The highest BCUT2D eigenvalue weighted by molar-refractivity contribution is 5.92. The highest BCUT2D eigenvalue weighted by Crippen LogP contribution is 2.29. The number of aromatic amines is 1. The number of nitrogens with zero attached hydrogens (tertiary/aromatic N) is 4. The van der Waals surface area contributed by atoms with Crippen molar-refractivity contribution >= 4 is 16.8 Å². The second kappa shape index (κ2) is 6.74. The van der Waals surface area contributed by atoms with Gasteiger partial charge in [0.15, 0.2) is 5.69 Å². The van der Waals surface area contributed by atoms with Crippen molar-refractivity contribution < 1.29 is 9.18 Å². The van der Waals surface area contributed by atoms with Crippen molar-refractivity contribution in [3.63, 3.8) is 0 Å². The number of fused-ring (bicyclic) bond motifs is 3. The fraction of sp³-hybridized carbons (Fsp3) is 0.316. The minimum atomic E-state index is -0.265.